The largest absolute Gasteiger partial charge is 0.481 e. The average molecular weight is 200 g/mol. The molecule has 1 saturated heterocycles. The lowest BCUT2D eigenvalue weighted by molar-refractivity contribution is -0.141. The minimum atomic E-state index is -0.909. The van der Waals surface area contributed by atoms with Crippen LogP contribution in [0.1, 0.15) is 20.3 Å². The monoisotopic (exact) mass is 200 g/mol. The molecule has 0 bridgehead atoms. The summed E-state index contributed by atoms with van der Waals surface area (Å²) in [5.41, 5.74) is 5.09. The van der Waals surface area contributed by atoms with Crippen molar-refractivity contribution in [3.63, 3.8) is 0 Å². The van der Waals surface area contributed by atoms with E-state index < -0.39 is 17.4 Å². The van der Waals surface area contributed by atoms with Gasteiger partial charge in [-0.05, 0) is 13.8 Å². The fourth-order valence-corrected chi connectivity index (χ4v) is 1.57. The van der Waals surface area contributed by atoms with E-state index in [9.17, 15) is 9.59 Å². The van der Waals surface area contributed by atoms with Gasteiger partial charge in [-0.2, -0.15) is 0 Å². The van der Waals surface area contributed by atoms with E-state index in [0.717, 1.165) is 0 Å². The fraction of sp³-hybridized carbons (Fsp3) is 0.778. The summed E-state index contributed by atoms with van der Waals surface area (Å²) in [5.74, 6) is -1.60. The van der Waals surface area contributed by atoms with Crippen LogP contribution in [0.15, 0.2) is 0 Å². The van der Waals surface area contributed by atoms with Gasteiger partial charge in [0.05, 0.1) is 5.92 Å². The number of hydrogen-bond donors (Lipinski definition) is 2. The molecule has 80 valence electrons. The Labute approximate surface area is 82.9 Å². The van der Waals surface area contributed by atoms with Crippen molar-refractivity contribution in [1.82, 2.24) is 4.90 Å². The Balaban J connectivity index is 2.75. The van der Waals surface area contributed by atoms with E-state index in [1.807, 2.05) is 13.8 Å². The first-order valence-electron chi connectivity index (χ1n) is 4.62. The molecule has 0 spiro atoms. The van der Waals surface area contributed by atoms with Crippen LogP contribution in [0.25, 0.3) is 0 Å². The SMILES string of the molecule is CC(C)(CN)N1CC(C(=O)O)CC1=O. The van der Waals surface area contributed by atoms with Crippen LogP contribution >= 0.6 is 0 Å². The molecular formula is C9H16N2O3. The standard InChI is InChI=1S/C9H16N2O3/c1-9(2,5-10)11-4-6(8(13)14)3-7(11)12/h6H,3-5,10H2,1-2H3,(H,13,14). The van der Waals surface area contributed by atoms with Crippen molar-refractivity contribution in [1.29, 1.82) is 0 Å². The molecule has 0 aliphatic carbocycles. The number of carbonyl (C=O) groups excluding carboxylic acids is 1. The summed E-state index contributed by atoms with van der Waals surface area (Å²) in [7, 11) is 0. The van der Waals surface area contributed by atoms with Crippen LogP contribution in [-0.4, -0.2) is 40.5 Å². The quantitative estimate of drug-likeness (QED) is 0.652. The molecular weight excluding hydrogens is 184 g/mol. The first-order valence-corrected chi connectivity index (χ1v) is 4.62. The Hall–Kier alpha value is -1.10. The normalized spacial score (nSPS) is 22.9. The summed E-state index contributed by atoms with van der Waals surface area (Å²) >= 11 is 0. The minimum Gasteiger partial charge on any atom is -0.481 e. The summed E-state index contributed by atoms with van der Waals surface area (Å²) in [5, 5.41) is 8.78. The van der Waals surface area contributed by atoms with Gasteiger partial charge >= 0.3 is 5.97 Å². The zero-order chi connectivity index (χ0) is 10.9. The zero-order valence-electron chi connectivity index (χ0n) is 8.49. The van der Waals surface area contributed by atoms with Gasteiger partial charge < -0.3 is 15.7 Å². The van der Waals surface area contributed by atoms with Crippen molar-refractivity contribution in [3.05, 3.63) is 0 Å². The molecule has 0 radical (unpaired) electrons. The summed E-state index contributed by atoms with van der Waals surface area (Å²) in [6.07, 6.45) is 0.0960. The number of nitrogens with zero attached hydrogens (tertiary/aromatic N) is 1. The van der Waals surface area contributed by atoms with Crippen LogP contribution in [0.2, 0.25) is 0 Å². The minimum absolute atomic E-state index is 0.0960. The highest BCUT2D eigenvalue weighted by atomic mass is 16.4. The maximum Gasteiger partial charge on any atom is 0.308 e. The smallest absolute Gasteiger partial charge is 0.308 e. The van der Waals surface area contributed by atoms with Crippen molar-refractivity contribution in [3.8, 4) is 0 Å². The summed E-state index contributed by atoms with van der Waals surface area (Å²) in [4.78, 5) is 23.8. The second-order valence-electron chi connectivity index (χ2n) is 4.26. The fourth-order valence-electron chi connectivity index (χ4n) is 1.57. The van der Waals surface area contributed by atoms with E-state index in [2.05, 4.69) is 0 Å². The number of likely N-dealkylation sites (tertiary alicyclic amines) is 1. The number of amides is 1. The van der Waals surface area contributed by atoms with Crippen molar-refractivity contribution in [2.24, 2.45) is 11.7 Å². The average Bonchev–Trinajstić information content (AvgIpc) is 2.48. The van der Waals surface area contributed by atoms with Crippen molar-refractivity contribution in [2.45, 2.75) is 25.8 Å². The molecule has 1 unspecified atom stereocenters. The third-order valence-electron chi connectivity index (χ3n) is 2.70. The highest BCUT2D eigenvalue weighted by Crippen LogP contribution is 2.25. The number of hydrogen-bond acceptors (Lipinski definition) is 3. The maximum absolute atomic E-state index is 11.5. The molecule has 1 aliphatic heterocycles. The van der Waals surface area contributed by atoms with Crippen LogP contribution in [0.4, 0.5) is 0 Å². The van der Waals surface area contributed by atoms with Gasteiger partial charge in [-0.15, -0.1) is 0 Å². The number of aliphatic carboxylic acids is 1. The molecule has 3 N–H and O–H groups in total. The van der Waals surface area contributed by atoms with Gasteiger partial charge in [-0.3, -0.25) is 9.59 Å². The molecule has 5 heteroatoms. The Bertz CT molecular complexity index is 263. The maximum atomic E-state index is 11.5. The van der Waals surface area contributed by atoms with E-state index in [1.54, 1.807) is 4.90 Å². The third-order valence-corrected chi connectivity index (χ3v) is 2.70. The second-order valence-corrected chi connectivity index (χ2v) is 4.26. The molecule has 0 aromatic carbocycles. The molecule has 0 aromatic heterocycles. The van der Waals surface area contributed by atoms with E-state index in [1.165, 1.54) is 0 Å². The van der Waals surface area contributed by atoms with Crippen LogP contribution in [-0.2, 0) is 9.59 Å². The van der Waals surface area contributed by atoms with E-state index in [0.29, 0.717) is 6.54 Å². The topological polar surface area (TPSA) is 83.6 Å². The molecule has 0 aromatic rings. The van der Waals surface area contributed by atoms with Gasteiger partial charge in [0, 0.05) is 25.0 Å². The van der Waals surface area contributed by atoms with E-state index in [4.69, 9.17) is 10.8 Å². The lowest BCUT2D eigenvalue weighted by Crippen LogP contribution is -2.50. The number of nitrogens with two attached hydrogens (primary N) is 1. The third kappa shape index (κ3) is 1.87. The Morgan fingerprint density at radius 2 is 2.29 bits per heavy atom. The first-order chi connectivity index (χ1) is 6.38. The first kappa shape index (κ1) is 11.0. The predicted octanol–water partition coefficient (Wildman–Crippen LogP) is -0.343. The van der Waals surface area contributed by atoms with Crippen molar-refractivity contribution < 1.29 is 14.7 Å². The van der Waals surface area contributed by atoms with Crippen LogP contribution in [0.5, 0.6) is 0 Å². The summed E-state index contributed by atoms with van der Waals surface area (Å²) < 4.78 is 0. The lowest BCUT2D eigenvalue weighted by atomic mass is 10.0. The Kier molecular flexibility index (Phi) is 2.80. The molecule has 1 heterocycles. The van der Waals surface area contributed by atoms with Crippen molar-refractivity contribution in [2.75, 3.05) is 13.1 Å². The Morgan fingerprint density at radius 1 is 1.71 bits per heavy atom. The van der Waals surface area contributed by atoms with E-state index >= 15 is 0 Å². The van der Waals surface area contributed by atoms with Gasteiger partial charge in [0.1, 0.15) is 0 Å². The predicted molar refractivity (Wildman–Crippen MR) is 50.6 cm³/mol. The molecule has 1 amide bonds. The van der Waals surface area contributed by atoms with Gasteiger partial charge in [-0.25, -0.2) is 0 Å². The van der Waals surface area contributed by atoms with Crippen LogP contribution in [0, 0.1) is 5.92 Å². The second kappa shape index (κ2) is 3.57. The Morgan fingerprint density at radius 3 is 2.64 bits per heavy atom. The highest BCUT2D eigenvalue weighted by Gasteiger charge is 2.40. The molecule has 1 fully saturated rings. The van der Waals surface area contributed by atoms with Gasteiger partial charge in [0.25, 0.3) is 0 Å². The molecule has 14 heavy (non-hydrogen) atoms. The molecule has 1 atom stereocenters. The number of carboxylic acid groups (broad SMARTS) is 1. The number of carbonyl (C=O) groups is 2. The zero-order valence-corrected chi connectivity index (χ0v) is 8.49. The van der Waals surface area contributed by atoms with Crippen molar-refractivity contribution >= 4 is 11.9 Å². The number of carboxylic acids is 1. The molecule has 0 saturated carbocycles. The van der Waals surface area contributed by atoms with Crippen LogP contribution < -0.4 is 5.73 Å². The lowest BCUT2D eigenvalue weighted by Gasteiger charge is -2.34. The molecule has 1 rings (SSSR count). The van der Waals surface area contributed by atoms with Gasteiger partial charge in [0.15, 0.2) is 0 Å². The number of rotatable bonds is 3. The van der Waals surface area contributed by atoms with Gasteiger partial charge in [-0.1, -0.05) is 0 Å². The van der Waals surface area contributed by atoms with E-state index in [-0.39, 0.29) is 18.9 Å². The van der Waals surface area contributed by atoms with Gasteiger partial charge in [0.2, 0.25) is 5.91 Å². The molecule has 5 nitrogen and oxygen atoms in total. The summed E-state index contributed by atoms with van der Waals surface area (Å²) in [6.45, 7) is 4.30. The highest BCUT2D eigenvalue weighted by molar-refractivity contribution is 5.86. The van der Waals surface area contributed by atoms with Crippen LogP contribution in [0.3, 0.4) is 0 Å². The summed E-state index contributed by atoms with van der Waals surface area (Å²) in [6, 6.07) is 0. The molecule has 1 aliphatic rings.